The molecule has 1 amide bonds. The third kappa shape index (κ3) is 6.26. The number of piperidine rings is 1. The van der Waals surface area contributed by atoms with Crippen LogP contribution >= 0.6 is 0 Å². The average molecular weight is 397 g/mol. The first-order chi connectivity index (χ1) is 13.9. The second kappa shape index (κ2) is 9.83. The lowest BCUT2D eigenvalue weighted by molar-refractivity contribution is -0.119. The Kier molecular flexibility index (Phi) is 7.20. The molecule has 2 aromatic rings. The average Bonchev–Trinajstić information content (AvgIpc) is 2.67. The van der Waals surface area contributed by atoms with Crippen LogP contribution in [0, 0.1) is 11.8 Å². The lowest BCUT2D eigenvalue weighted by Crippen LogP contribution is -2.37. The van der Waals surface area contributed by atoms with Gasteiger partial charge in [-0.05, 0) is 49.8 Å². The van der Waals surface area contributed by atoms with Gasteiger partial charge in [-0.1, -0.05) is 38.1 Å². The van der Waals surface area contributed by atoms with Gasteiger partial charge < -0.3 is 10.3 Å². The zero-order valence-corrected chi connectivity index (χ0v) is 17.7. The van der Waals surface area contributed by atoms with Gasteiger partial charge in [-0.2, -0.15) is 0 Å². The topological polar surface area (TPSA) is 78.1 Å². The highest BCUT2D eigenvalue weighted by Crippen LogP contribution is 2.24. The van der Waals surface area contributed by atoms with Crippen LogP contribution in [0.25, 0.3) is 11.4 Å². The molecule has 0 atom stereocenters. The van der Waals surface area contributed by atoms with Gasteiger partial charge in [0.1, 0.15) is 5.82 Å². The Hall–Kier alpha value is -2.47. The van der Waals surface area contributed by atoms with E-state index in [1.165, 1.54) is 5.56 Å². The number of amides is 1. The number of nitrogens with one attached hydrogen (secondary N) is 2. The van der Waals surface area contributed by atoms with Crippen molar-refractivity contribution in [3.63, 3.8) is 0 Å². The van der Waals surface area contributed by atoms with Crippen molar-refractivity contribution in [3.8, 4) is 11.4 Å². The van der Waals surface area contributed by atoms with Crippen LogP contribution in [-0.2, 0) is 17.8 Å². The zero-order valence-electron chi connectivity index (χ0n) is 17.7. The third-order valence-corrected chi connectivity index (χ3v) is 5.43. The fraction of sp³-hybridized carbons (Fsp3) is 0.522. The van der Waals surface area contributed by atoms with Crippen LogP contribution in [0.15, 0.2) is 35.1 Å². The van der Waals surface area contributed by atoms with Crippen LogP contribution in [0.3, 0.4) is 0 Å². The van der Waals surface area contributed by atoms with E-state index < -0.39 is 0 Å². The van der Waals surface area contributed by atoms with E-state index in [0.717, 1.165) is 56.7 Å². The summed E-state index contributed by atoms with van der Waals surface area (Å²) in [5.74, 6) is 1.70. The van der Waals surface area contributed by atoms with Crippen molar-refractivity contribution >= 4 is 5.91 Å². The molecule has 1 aliphatic heterocycles. The van der Waals surface area contributed by atoms with E-state index >= 15 is 0 Å². The number of rotatable bonds is 7. The number of carbonyl (C=O) groups excluding carboxylic acids is 1. The van der Waals surface area contributed by atoms with Crippen LogP contribution < -0.4 is 10.9 Å². The molecule has 1 aliphatic rings. The Labute approximate surface area is 172 Å². The third-order valence-electron chi connectivity index (χ3n) is 5.43. The Morgan fingerprint density at radius 1 is 1.28 bits per heavy atom. The Bertz CT molecular complexity index is 882. The van der Waals surface area contributed by atoms with Crippen molar-refractivity contribution in [3.05, 3.63) is 51.9 Å². The standard InChI is InChI=1S/C23H32N4O2/c1-16(2)12-20-13-22(29)26-23(25-20)21-7-5-4-6-19(21)15-27-10-8-18(9-11-27)14-24-17(3)28/h4-7,13,16,18H,8-12,14-15H2,1-3H3,(H,24,28)(H,25,26,29). The number of H-pyrrole nitrogens is 1. The van der Waals surface area contributed by atoms with E-state index in [9.17, 15) is 9.59 Å². The molecule has 1 aromatic carbocycles. The minimum Gasteiger partial charge on any atom is -0.356 e. The number of nitrogens with zero attached hydrogens (tertiary/aromatic N) is 2. The van der Waals surface area contributed by atoms with E-state index in [0.29, 0.717) is 17.7 Å². The highest BCUT2D eigenvalue weighted by molar-refractivity contribution is 5.72. The molecule has 2 heterocycles. The summed E-state index contributed by atoms with van der Waals surface area (Å²) in [6.45, 7) is 9.46. The molecule has 1 saturated heterocycles. The first kappa shape index (κ1) is 21.2. The lowest BCUT2D eigenvalue weighted by atomic mass is 9.96. The van der Waals surface area contributed by atoms with Crippen LogP contribution in [0.4, 0.5) is 0 Å². The first-order valence-corrected chi connectivity index (χ1v) is 10.6. The van der Waals surface area contributed by atoms with Crippen LogP contribution in [0.5, 0.6) is 0 Å². The summed E-state index contributed by atoms with van der Waals surface area (Å²) in [5, 5.41) is 2.93. The number of hydrogen-bond acceptors (Lipinski definition) is 4. The summed E-state index contributed by atoms with van der Waals surface area (Å²) in [6.07, 6.45) is 2.96. The van der Waals surface area contributed by atoms with E-state index in [1.807, 2.05) is 18.2 Å². The summed E-state index contributed by atoms with van der Waals surface area (Å²) >= 11 is 0. The summed E-state index contributed by atoms with van der Waals surface area (Å²) in [6, 6.07) is 9.79. The molecule has 3 rings (SSSR count). The summed E-state index contributed by atoms with van der Waals surface area (Å²) in [7, 11) is 0. The predicted octanol–water partition coefficient (Wildman–Crippen LogP) is 2.98. The molecule has 6 nitrogen and oxygen atoms in total. The molecule has 0 radical (unpaired) electrons. The fourth-order valence-electron chi connectivity index (χ4n) is 3.93. The van der Waals surface area contributed by atoms with Crippen molar-refractivity contribution in [2.45, 2.75) is 46.6 Å². The summed E-state index contributed by atoms with van der Waals surface area (Å²) in [5.41, 5.74) is 2.92. The largest absolute Gasteiger partial charge is 0.356 e. The second-order valence-corrected chi connectivity index (χ2v) is 8.50. The van der Waals surface area contributed by atoms with Crippen LogP contribution in [-0.4, -0.2) is 40.4 Å². The van der Waals surface area contributed by atoms with Crippen LogP contribution in [0.1, 0.15) is 44.9 Å². The molecule has 156 valence electrons. The van der Waals surface area contributed by atoms with Gasteiger partial charge in [0.15, 0.2) is 0 Å². The molecule has 29 heavy (non-hydrogen) atoms. The minimum absolute atomic E-state index is 0.0440. The molecule has 2 N–H and O–H groups in total. The van der Waals surface area contributed by atoms with Gasteiger partial charge in [-0.25, -0.2) is 4.98 Å². The summed E-state index contributed by atoms with van der Waals surface area (Å²) < 4.78 is 0. The van der Waals surface area contributed by atoms with E-state index in [4.69, 9.17) is 4.98 Å². The van der Waals surface area contributed by atoms with E-state index in [-0.39, 0.29) is 11.5 Å². The van der Waals surface area contributed by atoms with Gasteiger partial charge in [0.25, 0.3) is 5.56 Å². The maximum Gasteiger partial charge on any atom is 0.251 e. The van der Waals surface area contributed by atoms with Crippen molar-refractivity contribution in [2.24, 2.45) is 11.8 Å². The molecule has 0 saturated carbocycles. The summed E-state index contributed by atoms with van der Waals surface area (Å²) in [4.78, 5) is 33.4. The highest BCUT2D eigenvalue weighted by Gasteiger charge is 2.20. The molecule has 6 heteroatoms. The van der Waals surface area contributed by atoms with Gasteiger partial charge in [0.05, 0.1) is 0 Å². The fourth-order valence-corrected chi connectivity index (χ4v) is 3.93. The van der Waals surface area contributed by atoms with Crippen molar-refractivity contribution in [1.29, 1.82) is 0 Å². The first-order valence-electron chi connectivity index (χ1n) is 10.6. The molecule has 0 aliphatic carbocycles. The second-order valence-electron chi connectivity index (χ2n) is 8.50. The SMILES string of the molecule is CC(=O)NCC1CCN(Cc2ccccc2-c2nc(CC(C)C)cc(=O)[nH]2)CC1. The maximum absolute atomic E-state index is 12.2. The molecule has 1 aromatic heterocycles. The Morgan fingerprint density at radius 2 is 2.00 bits per heavy atom. The van der Waals surface area contributed by atoms with Crippen LogP contribution in [0.2, 0.25) is 0 Å². The molecule has 0 spiro atoms. The number of carbonyl (C=O) groups is 1. The number of aromatic amines is 1. The molecular weight excluding hydrogens is 364 g/mol. The van der Waals surface area contributed by atoms with Crippen molar-refractivity contribution in [2.75, 3.05) is 19.6 Å². The monoisotopic (exact) mass is 396 g/mol. The maximum atomic E-state index is 12.2. The lowest BCUT2D eigenvalue weighted by Gasteiger charge is -2.32. The Morgan fingerprint density at radius 3 is 2.69 bits per heavy atom. The van der Waals surface area contributed by atoms with Gasteiger partial charge in [-0.3, -0.25) is 14.5 Å². The normalized spacial score (nSPS) is 15.6. The molecule has 0 unspecified atom stereocenters. The quantitative estimate of drug-likeness (QED) is 0.754. The predicted molar refractivity (Wildman–Crippen MR) is 116 cm³/mol. The van der Waals surface area contributed by atoms with Gasteiger partial charge in [-0.15, -0.1) is 0 Å². The number of benzene rings is 1. The number of aromatic nitrogens is 2. The smallest absolute Gasteiger partial charge is 0.251 e. The van der Waals surface area contributed by atoms with Gasteiger partial charge in [0.2, 0.25) is 5.91 Å². The van der Waals surface area contributed by atoms with Gasteiger partial charge in [0, 0.05) is 37.3 Å². The molecule has 0 bridgehead atoms. The Balaban J connectivity index is 1.71. The van der Waals surface area contributed by atoms with E-state index in [1.54, 1.807) is 13.0 Å². The highest BCUT2D eigenvalue weighted by atomic mass is 16.1. The van der Waals surface area contributed by atoms with E-state index in [2.05, 4.69) is 35.1 Å². The number of hydrogen-bond donors (Lipinski definition) is 2. The van der Waals surface area contributed by atoms with Gasteiger partial charge >= 0.3 is 0 Å². The minimum atomic E-state index is -0.0979. The number of likely N-dealkylation sites (tertiary alicyclic amines) is 1. The van der Waals surface area contributed by atoms with Crippen molar-refractivity contribution < 1.29 is 4.79 Å². The molecular formula is C23H32N4O2. The molecule has 1 fully saturated rings. The zero-order chi connectivity index (χ0) is 20.8. The van der Waals surface area contributed by atoms with Crippen molar-refractivity contribution in [1.82, 2.24) is 20.2 Å².